The molecule has 1 aromatic rings. The highest BCUT2D eigenvalue weighted by molar-refractivity contribution is 6.30. The van der Waals surface area contributed by atoms with Gasteiger partial charge in [-0.15, -0.1) is 12.4 Å². The van der Waals surface area contributed by atoms with Gasteiger partial charge in [0.15, 0.2) is 0 Å². The first kappa shape index (κ1) is 17.7. The number of hydrogen-bond donors (Lipinski definition) is 3. The number of nitrogens with one attached hydrogen (secondary N) is 3. The quantitative estimate of drug-likeness (QED) is 0.682. The van der Waals surface area contributed by atoms with Crippen LogP contribution in [0.2, 0.25) is 5.02 Å². The lowest BCUT2D eigenvalue weighted by atomic mass is 10.2. The van der Waals surface area contributed by atoms with Gasteiger partial charge in [0.05, 0.1) is 6.54 Å². The minimum absolute atomic E-state index is 0. The number of rotatable bonds is 6. The Hall–Kier alpha value is -1.30. The third-order valence-electron chi connectivity index (χ3n) is 2.18. The molecular formula is C12H17Cl2N3O2. The fourth-order valence-corrected chi connectivity index (χ4v) is 1.43. The lowest BCUT2D eigenvalue weighted by Gasteiger charge is -2.07. The van der Waals surface area contributed by atoms with Crippen molar-refractivity contribution in [2.24, 2.45) is 0 Å². The van der Waals surface area contributed by atoms with Crippen LogP contribution in [0.3, 0.4) is 0 Å². The molecule has 3 N–H and O–H groups in total. The molecule has 0 aliphatic carbocycles. The summed E-state index contributed by atoms with van der Waals surface area (Å²) in [5.74, 6) is -0.284. The van der Waals surface area contributed by atoms with Crippen molar-refractivity contribution in [2.75, 3.05) is 26.7 Å². The van der Waals surface area contributed by atoms with Crippen LogP contribution >= 0.6 is 24.0 Å². The van der Waals surface area contributed by atoms with E-state index >= 15 is 0 Å². The minimum Gasteiger partial charge on any atom is -0.353 e. The maximum absolute atomic E-state index is 11.6. The van der Waals surface area contributed by atoms with Crippen molar-refractivity contribution in [1.82, 2.24) is 16.0 Å². The molecule has 0 fully saturated rings. The highest BCUT2D eigenvalue weighted by Gasteiger charge is 2.04. The number of carbonyl (C=O) groups is 2. The number of likely N-dealkylation sites (N-methyl/N-ethyl adjacent to an activating group) is 1. The zero-order valence-corrected chi connectivity index (χ0v) is 12.1. The molecule has 0 radical (unpaired) electrons. The van der Waals surface area contributed by atoms with E-state index in [0.29, 0.717) is 23.7 Å². The van der Waals surface area contributed by atoms with Crippen LogP contribution in [0, 0.1) is 0 Å². The number of halogens is 2. The smallest absolute Gasteiger partial charge is 0.251 e. The van der Waals surface area contributed by atoms with Crippen LogP contribution in [0.5, 0.6) is 0 Å². The topological polar surface area (TPSA) is 70.2 Å². The van der Waals surface area contributed by atoms with Gasteiger partial charge in [-0.05, 0) is 31.3 Å². The Kier molecular flexibility index (Phi) is 8.95. The highest BCUT2D eigenvalue weighted by Crippen LogP contribution is 2.08. The molecular weight excluding hydrogens is 289 g/mol. The lowest BCUT2D eigenvalue weighted by molar-refractivity contribution is -0.120. The van der Waals surface area contributed by atoms with Crippen LogP contribution in [0.1, 0.15) is 10.4 Å². The third kappa shape index (κ3) is 7.00. The first-order valence-electron chi connectivity index (χ1n) is 5.58. The van der Waals surface area contributed by atoms with Gasteiger partial charge in [-0.1, -0.05) is 11.6 Å². The van der Waals surface area contributed by atoms with Gasteiger partial charge >= 0.3 is 0 Å². The molecule has 0 aliphatic rings. The molecule has 7 heteroatoms. The Labute approximate surface area is 123 Å². The van der Waals surface area contributed by atoms with Crippen molar-refractivity contribution in [2.45, 2.75) is 0 Å². The van der Waals surface area contributed by atoms with E-state index in [0.717, 1.165) is 0 Å². The van der Waals surface area contributed by atoms with Gasteiger partial charge in [-0.25, -0.2) is 0 Å². The van der Waals surface area contributed by atoms with Crippen molar-refractivity contribution >= 4 is 35.8 Å². The largest absolute Gasteiger partial charge is 0.353 e. The summed E-state index contributed by atoms with van der Waals surface area (Å²) >= 11 is 5.72. The molecule has 19 heavy (non-hydrogen) atoms. The first-order chi connectivity index (χ1) is 8.63. The first-order valence-corrected chi connectivity index (χ1v) is 5.96. The molecule has 0 atom stereocenters. The SMILES string of the molecule is CNCC(=O)NCCNC(=O)c1ccc(Cl)cc1.Cl. The molecule has 0 saturated carbocycles. The summed E-state index contributed by atoms with van der Waals surface area (Å²) in [5, 5.41) is 8.69. The molecule has 5 nitrogen and oxygen atoms in total. The van der Waals surface area contributed by atoms with Gasteiger partial charge < -0.3 is 16.0 Å². The zero-order valence-electron chi connectivity index (χ0n) is 10.5. The summed E-state index contributed by atoms with van der Waals surface area (Å²) < 4.78 is 0. The van der Waals surface area contributed by atoms with Gasteiger partial charge in [-0.3, -0.25) is 9.59 Å². The number of benzene rings is 1. The van der Waals surface area contributed by atoms with E-state index in [-0.39, 0.29) is 30.8 Å². The molecule has 0 aromatic heterocycles. The third-order valence-corrected chi connectivity index (χ3v) is 2.43. The van der Waals surface area contributed by atoms with E-state index in [1.165, 1.54) is 0 Å². The normalized spacial score (nSPS) is 9.37. The van der Waals surface area contributed by atoms with Gasteiger partial charge in [0.25, 0.3) is 5.91 Å². The van der Waals surface area contributed by atoms with E-state index < -0.39 is 0 Å². The second-order valence-electron chi connectivity index (χ2n) is 3.64. The standard InChI is InChI=1S/C12H16ClN3O2.ClH/c1-14-8-11(17)15-6-7-16-12(18)9-2-4-10(13)5-3-9;/h2-5,14H,6-8H2,1H3,(H,15,17)(H,16,18);1H. The Morgan fingerprint density at radius 3 is 2.26 bits per heavy atom. The predicted molar refractivity (Wildman–Crippen MR) is 78.0 cm³/mol. The molecule has 106 valence electrons. The molecule has 0 bridgehead atoms. The van der Waals surface area contributed by atoms with Crippen molar-refractivity contribution in [3.63, 3.8) is 0 Å². The maximum atomic E-state index is 11.6. The molecule has 1 aromatic carbocycles. The van der Waals surface area contributed by atoms with Gasteiger partial charge in [0, 0.05) is 23.7 Å². The molecule has 0 aliphatic heterocycles. The number of hydrogen-bond acceptors (Lipinski definition) is 3. The van der Waals surface area contributed by atoms with Crippen LogP contribution < -0.4 is 16.0 Å². The van der Waals surface area contributed by atoms with Crippen LogP contribution in [-0.4, -0.2) is 38.5 Å². The number of carbonyl (C=O) groups excluding carboxylic acids is 2. The Balaban J connectivity index is 0.00000324. The second-order valence-corrected chi connectivity index (χ2v) is 4.08. The summed E-state index contributed by atoms with van der Waals surface area (Å²) in [6, 6.07) is 6.62. The van der Waals surface area contributed by atoms with Gasteiger partial charge in [0.1, 0.15) is 0 Å². The van der Waals surface area contributed by atoms with E-state index in [9.17, 15) is 9.59 Å². The molecule has 2 amide bonds. The van der Waals surface area contributed by atoms with E-state index in [1.54, 1.807) is 31.3 Å². The van der Waals surface area contributed by atoms with Crippen LogP contribution in [0.4, 0.5) is 0 Å². The number of amides is 2. The van der Waals surface area contributed by atoms with E-state index in [1.807, 2.05) is 0 Å². The molecule has 1 rings (SSSR count). The van der Waals surface area contributed by atoms with Crippen LogP contribution in [0.25, 0.3) is 0 Å². The van der Waals surface area contributed by atoms with Crippen molar-refractivity contribution in [3.05, 3.63) is 34.9 Å². The summed E-state index contributed by atoms with van der Waals surface area (Å²) in [6.07, 6.45) is 0. The second kappa shape index (κ2) is 9.61. The molecule has 0 unspecified atom stereocenters. The molecule has 0 saturated heterocycles. The monoisotopic (exact) mass is 305 g/mol. The molecule has 0 heterocycles. The van der Waals surface area contributed by atoms with E-state index in [4.69, 9.17) is 11.6 Å². The Morgan fingerprint density at radius 2 is 1.68 bits per heavy atom. The van der Waals surface area contributed by atoms with Crippen molar-refractivity contribution in [3.8, 4) is 0 Å². The molecule has 0 spiro atoms. The van der Waals surface area contributed by atoms with Crippen LogP contribution in [-0.2, 0) is 4.79 Å². The predicted octanol–water partition coefficient (Wildman–Crippen LogP) is 0.827. The fraction of sp³-hybridized carbons (Fsp3) is 0.333. The minimum atomic E-state index is -0.186. The summed E-state index contributed by atoms with van der Waals surface area (Å²) in [4.78, 5) is 22.7. The van der Waals surface area contributed by atoms with E-state index in [2.05, 4.69) is 16.0 Å². The Morgan fingerprint density at radius 1 is 1.11 bits per heavy atom. The highest BCUT2D eigenvalue weighted by atomic mass is 35.5. The lowest BCUT2D eigenvalue weighted by Crippen LogP contribution is -2.38. The average molecular weight is 306 g/mol. The maximum Gasteiger partial charge on any atom is 0.251 e. The average Bonchev–Trinajstić information content (AvgIpc) is 2.35. The van der Waals surface area contributed by atoms with Gasteiger partial charge in [0.2, 0.25) is 5.91 Å². The summed E-state index contributed by atoms with van der Waals surface area (Å²) in [5.41, 5.74) is 0.543. The van der Waals surface area contributed by atoms with Crippen LogP contribution in [0.15, 0.2) is 24.3 Å². The fourth-order valence-electron chi connectivity index (χ4n) is 1.30. The summed E-state index contributed by atoms with van der Waals surface area (Å²) in [7, 11) is 1.70. The Bertz CT molecular complexity index is 410. The summed E-state index contributed by atoms with van der Waals surface area (Å²) in [6.45, 7) is 1.06. The van der Waals surface area contributed by atoms with Crippen molar-refractivity contribution in [1.29, 1.82) is 0 Å². The van der Waals surface area contributed by atoms with Gasteiger partial charge in [-0.2, -0.15) is 0 Å². The van der Waals surface area contributed by atoms with Crippen molar-refractivity contribution < 1.29 is 9.59 Å². The zero-order chi connectivity index (χ0) is 13.4.